The van der Waals surface area contributed by atoms with Crippen LogP contribution in [0.4, 0.5) is 0 Å². The van der Waals surface area contributed by atoms with E-state index >= 15 is 0 Å². The number of aromatic hydroxyl groups is 3. The number of aryl methyl sites for hydroxylation is 2. The molecule has 0 aliphatic carbocycles. The topological polar surface area (TPSA) is 60.7 Å². The van der Waals surface area contributed by atoms with E-state index < -0.39 is 5.41 Å². The zero-order valence-electron chi connectivity index (χ0n) is 20.4. The molecular weight excluding hydrogens is 420 g/mol. The van der Waals surface area contributed by atoms with Crippen LogP contribution in [0.3, 0.4) is 0 Å². The van der Waals surface area contributed by atoms with Crippen molar-refractivity contribution in [2.45, 2.75) is 45.4 Å². The van der Waals surface area contributed by atoms with Crippen LogP contribution in [0.15, 0.2) is 84.9 Å². The fraction of sp³-hybridized carbons (Fsp3) is 0.226. The molecule has 174 valence electrons. The molecule has 0 spiro atoms. The summed E-state index contributed by atoms with van der Waals surface area (Å²) in [5, 5.41) is 29.9. The molecule has 0 amide bonds. The molecule has 34 heavy (non-hydrogen) atoms. The Morgan fingerprint density at radius 1 is 0.471 bits per heavy atom. The van der Waals surface area contributed by atoms with Gasteiger partial charge in [0.2, 0.25) is 0 Å². The lowest BCUT2D eigenvalue weighted by Gasteiger charge is -2.33. The lowest BCUT2D eigenvalue weighted by molar-refractivity contribution is 0.469. The van der Waals surface area contributed by atoms with E-state index in [-0.39, 0.29) is 16.9 Å². The molecule has 4 rings (SSSR count). The van der Waals surface area contributed by atoms with E-state index in [1.54, 1.807) is 24.3 Å². The fourth-order valence-electron chi connectivity index (χ4n) is 4.69. The van der Waals surface area contributed by atoms with E-state index in [1.807, 2.05) is 50.2 Å². The standard InChI is InChI=1S/C31H32O3/c1-20-18-25(12-16-28(20)33)30(3,4)22-6-8-23(9-7-22)31(5,24-10-14-27(32)15-11-24)26-13-17-29(34)21(2)19-26/h6-19,32-34H,1-5H3. The molecular formula is C31H32O3. The number of phenolic OH excluding ortho intramolecular Hbond substituents is 3. The van der Waals surface area contributed by atoms with Gasteiger partial charge in [0.05, 0.1) is 0 Å². The molecule has 0 fully saturated rings. The van der Waals surface area contributed by atoms with Crippen molar-refractivity contribution in [2.24, 2.45) is 0 Å². The molecule has 0 saturated heterocycles. The van der Waals surface area contributed by atoms with Crippen molar-refractivity contribution in [3.8, 4) is 17.2 Å². The van der Waals surface area contributed by atoms with Crippen LogP contribution in [0.25, 0.3) is 0 Å². The minimum Gasteiger partial charge on any atom is -0.508 e. The first-order valence-electron chi connectivity index (χ1n) is 11.5. The van der Waals surface area contributed by atoms with Gasteiger partial charge in [-0.3, -0.25) is 0 Å². The van der Waals surface area contributed by atoms with E-state index in [9.17, 15) is 15.3 Å². The van der Waals surface area contributed by atoms with Crippen molar-refractivity contribution in [3.63, 3.8) is 0 Å². The SMILES string of the molecule is Cc1cc(C(C)(C)c2ccc(C(C)(c3ccc(O)cc3)c3ccc(O)c(C)c3)cc2)ccc1O. The maximum Gasteiger partial charge on any atom is 0.118 e. The number of hydrogen-bond acceptors (Lipinski definition) is 3. The van der Waals surface area contributed by atoms with Crippen molar-refractivity contribution in [1.82, 2.24) is 0 Å². The van der Waals surface area contributed by atoms with Crippen LogP contribution in [0.2, 0.25) is 0 Å². The molecule has 3 heteroatoms. The molecule has 0 saturated carbocycles. The Morgan fingerprint density at radius 2 is 0.853 bits per heavy atom. The molecule has 0 heterocycles. The fourth-order valence-corrected chi connectivity index (χ4v) is 4.69. The van der Waals surface area contributed by atoms with Crippen LogP contribution in [-0.4, -0.2) is 15.3 Å². The Balaban J connectivity index is 1.82. The summed E-state index contributed by atoms with van der Waals surface area (Å²) in [5.74, 6) is 0.816. The summed E-state index contributed by atoms with van der Waals surface area (Å²) < 4.78 is 0. The molecule has 3 nitrogen and oxygen atoms in total. The third-order valence-corrected chi connectivity index (χ3v) is 7.32. The van der Waals surface area contributed by atoms with Crippen LogP contribution < -0.4 is 0 Å². The van der Waals surface area contributed by atoms with Crippen LogP contribution >= 0.6 is 0 Å². The Morgan fingerprint density at radius 3 is 1.35 bits per heavy atom. The molecule has 0 aliphatic heterocycles. The molecule has 3 N–H and O–H groups in total. The van der Waals surface area contributed by atoms with Gasteiger partial charge in [-0.15, -0.1) is 0 Å². The molecule has 0 bridgehead atoms. The predicted octanol–water partition coefficient (Wildman–Crippen LogP) is 7.10. The maximum absolute atomic E-state index is 10.1. The smallest absolute Gasteiger partial charge is 0.118 e. The molecule has 0 aliphatic rings. The number of hydrogen-bond donors (Lipinski definition) is 3. The highest BCUT2D eigenvalue weighted by atomic mass is 16.3. The third kappa shape index (κ3) is 4.03. The zero-order chi connectivity index (χ0) is 24.7. The average Bonchev–Trinajstić information content (AvgIpc) is 2.82. The van der Waals surface area contributed by atoms with Crippen LogP contribution in [0.1, 0.15) is 59.7 Å². The quantitative estimate of drug-likeness (QED) is 0.283. The highest BCUT2D eigenvalue weighted by molar-refractivity contribution is 5.54. The highest BCUT2D eigenvalue weighted by Crippen LogP contribution is 2.42. The number of benzene rings is 4. The summed E-state index contributed by atoms with van der Waals surface area (Å²) in [6, 6.07) is 27.5. The largest absolute Gasteiger partial charge is 0.508 e. The zero-order valence-corrected chi connectivity index (χ0v) is 20.4. The van der Waals surface area contributed by atoms with Crippen molar-refractivity contribution < 1.29 is 15.3 Å². The van der Waals surface area contributed by atoms with Gasteiger partial charge in [-0.05, 0) is 84.0 Å². The average molecular weight is 453 g/mol. The second-order valence-electron chi connectivity index (χ2n) is 9.88. The molecule has 1 atom stereocenters. The van der Waals surface area contributed by atoms with Crippen molar-refractivity contribution in [3.05, 3.63) is 124 Å². The van der Waals surface area contributed by atoms with Gasteiger partial charge in [-0.1, -0.05) is 74.5 Å². The second kappa shape index (κ2) is 8.57. The second-order valence-corrected chi connectivity index (χ2v) is 9.88. The first-order valence-corrected chi connectivity index (χ1v) is 11.5. The Bertz CT molecular complexity index is 1320. The Hall–Kier alpha value is -3.72. The lowest BCUT2D eigenvalue weighted by Crippen LogP contribution is -2.26. The summed E-state index contributed by atoms with van der Waals surface area (Å²) in [7, 11) is 0. The first-order chi connectivity index (χ1) is 16.0. The molecule has 0 radical (unpaired) electrons. The van der Waals surface area contributed by atoms with Gasteiger partial charge in [0.25, 0.3) is 0 Å². The monoisotopic (exact) mass is 452 g/mol. The highest BCUT2D eigenvalue weighted by Gasteiger charge is 2.32. The summed E-state index contributed by atoms with van der Waals surface area (Å²) >= 11 is 0. The third-order valence-electron chi connectivity index (χ3n) is 7.32. The van der Waals surface area contributed by atoms with E-state index in [0.29, 0.717) is 5.75 Å². The van der Waals surface area contributed by atoms with Gasteiger partial charge in [0, 0.05) is 10.8 Å². The lowest BCUT2D eigenvalue weighted by atomic mass is 9.69. The van der Waals surface area contributed by atoms with Crippen LogP contribution in [0, 0.1) is 13.8 Å². The van der Waals surface area contributed by atoms with Crippen molar-refractivity contribution in [2.75, 3.05) is 0 Å². The normalized spacial score (nSPS) is 13.4. The first kappa shape index (κ1) is 23.4. The molecule has 4 aromatic rings. The molecule has 1 unspecified atom stereocenters. The van der Waals surface area contributed by atoms with Gasteiger partial charge in [0.1, 0.15) is 17.2 Å². The van der Waals surface area contributed by atoms with Gasteiger partial charge in [0.15, 0.2) is 0 Å². The van der Waals surface area contributed by atoms with E-state index in [1.165, 1.54) is 5.56 Å². The maximum atomic E-state index is 10.1. The number of phenols is 3. The number of rotatable bonds is 5. The minimum absolute atomic E-state index is 0.231. The molecule has 4 aromatic carbocycles. The Kier molecular flexibility index (Phi) is 5.91. The van der Waals surface area contributed by atoms with Crippen molar-refractivity contribution >= 4 is 0 Å². The summed E-state index contributed by atoms with van der Waals surface area (Å²) in [6.07, 6.45) is 0. The minimum atomic E-state index is -0.482. The van der Waals surface area contributed by atoms with Crippen LogP contribution in [0.5, 0.6) is 17.2 Å². The predicted molar refractivity (Wildman–Crippen MR) is 138 cm³/mol. The van der Waals surface area contributed by atoms with Crippen LogP contribution in [-0.2, 0) is 10.8 Å². The molecule has 0 aromatic heterocycles. The van der Waals surface area contributed by atoms with Crippen molar-refractivity contribution in [1.29, 1.82) is 0 Å². The van der Waals surface area contributed by atoms with Gasteiger partial charge in [-0.2, -0.15) is 0 Å². The van der Waals surface area contributed by atoms with Gasteiger partial charge in [-0.25, -0.2) is 0 Å². The summed E-state index contributed by atoms with van der Waals surface area (Å²) in [5.41, 5.74) is 6.52. The summed E-state index contributed by atoms with van der Waals surface area (Å²) in [6.45, 7) is 10.4. The Labute approximate surface area is 202 Å². The van der Waals surface area contributed by atoms with E-state index in [4.69, 9.17) is 0 Å². The van der Waals surface area contributed by atoms with E-state index in [0.717, 1.165) is 33.4 Å². The van der Waals surface area contributed by atoms with Gasteiger partial charge >= 0.3 is 0 Å². The van der Waals surface area contributed by atoms with Gasteiger partial charge < -0.3 is 15.3 Å². The summed E-state index contributed by atoms with van der Waals surface area (Å²) in [4.78, 5) is 0. The van der Waals surface area contributed by atoms with E-state index in [2.05, 4.69) is 45.0 Å².